The zero-order chi connectivity index (χ0) is 13.0. The summed E-state index contributed by atoms with van der Waals surface area (Å²) in [6.45, 7) is 3.35. The van der Waals surface area contributed by atoms with Crippen LogP contribution in [0, 0.1) is 0 Å². The molecule has 2 atom stereocenters. The van der Waals surface area contributed by atoms with Gasteiger partial charge in [-0.2, -0.15) is 0 Å². The third kappa shape index (κ3) is 4.33. The van der Waals surface area contributed by atoms with Crippen LogP contribution in [0.1, 0.15) is 19.8 Å². The van der Waals surface area contributed by atoms with E-state index in [-0.39, 0.29) is 24.4 Å². The Morgan fingerprint density at radius 2 is 2.21 bits per heavy atom. The monoisotopic (exact) mass is 285 g/mol. The summed E-state index contributed by atoms with van der Waals surface area (Å²) in [5.41, 5.74) is 5.55. The van der Waals surface area contributed by atoms with Gasteiger partial charge in [0.15, 0.2) is 0 Å². The first kappa shape index (κ1) is 15.7. The quantitative estimate of drug-likeness (QED) is 0.836. The van der Waals surface area contributed by atoms with Crippen molar-refractivity contribution in [3.05, 3.63) is 18.5 Å². The van der Waals surface area contributed by atoms with Crippen molar-refractivity contribution in [2.24, 2.45) is 5.73 Å². The lowest BCUT2D eigenvalue weighted by Crippen LogP contribution is -2.51. The number of carbonyl (C=O) groups is 1. The molecule has 2 rings (SSSR count). The molecule has 0 radical (unpaired) electrons. The van der Waals surface area contributed by atoms with E-state index in [1.165, 1.54) is 0 Å². The Labute approximate surface area is 119 Å². The summed E-state index contributed by atoms with van der Waals surface area (Å²) in [4.78, 5) is 22.1. The normalized spacial score (nSPS) is 20.3. The van der Waals surface area contributed by atoms with E-state index in [2.05, 4.69) is 20.2 Å². The maximum Gasteiger partial charge on any atom is 0.236 e. The molecule has 1 aromatic rings. The van der Waals surface area contributed by atoms with Gasteiger partial charge in [-0.05, 0) is 25.8 Å². The van der Waals surface area contributed by atoms with Crippen molar-refractivity contribution < 1.29 is 4.79 Å². The van der Waals surface area contributed by atoms with Crippen LogP contribution in [-0.4, -0.2) is 41.0 Å². The minimum Gasteiger partial charge on any atom is -0.350 e. The van der Waals surface area contributed by atoms with Gasteiger partial charge in [0.05, 0.1) is 6.04 Å². The van der Waals surface area contributed by atoms with Crippen LogP contribution in [-0.2, 0) is 4.79 Å². The van der Waals surface area contributed by atoms with E-state index >= 15 is 0 Å². The molecular formula is C12H20ClN5O. The Kier molecular flexibility index (Phi) is 5.98. The average molecular weight is 286 g/mol. The lowest BCUT2D eigenvalue weighted by molar-refractivity contribution is -0.122. The Bertz CT molecular complexity index is 400. The molecule has 1 aliphatic rings. The van der Waals surface area contributed by atoms with E-state index in [9.17, 15) is 4.79 Å². The lowest BCUT2D eigenvalue weighted by Gasteiger charge is -2.33. The second-order valence-electron chi connectivity index (χ2n) is 4.63. The first-order chi connectivity index (χ1) is 8.66. The molecule has 1 amide bonds. The van der Waals surface area contributed by atoms with Crippen molar-refractivity contribution in [2.45, 2.75) is 31.8 Å². The lowest BCUT2D eigenvalue weighted by atomic mass is 10.1. The third-order valence-corrected chi connectivity index (χ3v) is 3.02. The highest BCUT2D eigenvalue weighted by Gasteiger charge is 2.23. The third-order valence-electron chi connectivity index (χ3n) is 3.02. The topological polar surface area (TPSA) is 84.1 Å². The molecule has 0 aromatic carbocycles. The molecule has 0 saturated carbocycles. The number of halogens is 1. The number of nitrogens with zero attached hydrogens (tertiary/aromatic N) is 3. The first-order valence-corrected chi connectivity index (χ1v) is 6.24. The van der Waals surface area contributed by atoms with Gasteiger partial charge in [0.2, 0.25) is 11.9 Å². The van der Waals surface area contributed by atoms with Gasteiger partial charge in [-0.3, -0.25) is 4.79 Å². The van der Waals surface area contributed by atoms with Crippen molar-refractivity contribution >= 4 is 24.3 Å². The molecule has 6 nitrogen and oxygen atoms in total. The van der Waals surface area contributed by atoms with Gasteiger partial charge < -0.3 is 16.0 Å². The molecule has 106 valence electrons. The van der Waals surface area contributed by atoms with E-state index in [1.807, 2.05) is 0 Å². The number of aromatic nitrogens is 2. The molecule has 1 aliphatic heterocycles. The zero-order valence-electron chi connectivity index (χ0n) is 11.0. The van der Waals surface area contributed by atoms with Gasteiger partial charge in [0.1, 0.15) is 0 Å². The van der Waals surface area contributed by atoms with Crippen molar-refractivity contribution in [2.75, 3.05) is 18.0 Å². The summed E-state index contributed by atoms with van der Waals surface area (Å²) in [5.74, 6) is 0.619. The fraction of sp³-hybridized carbons (Fsp3) is 0.583. The molecule has 0 aliphatic carbocycles. The molecule has 1 fully saturated rings. The SMILES string of the molecule is CC(N)C(=O)NC1CCCN(c2ncccn2)C1.Cl. The van der Waals surface area contributed by atoms with Crippen molar-refractivity contribution in [3.63, 3.8) is 0 Å². The standard InChI is InChI=1S/C12H19N5O.ClH/c1-9(13)11(18)16-10-4-2-7-17(8-10)12-14-5-3-6-15-12;/h3,5-6,9-10H,2,4,7-8,13H2,1H3,(H,16,18);1H. The summed E-state index contributed by atoms with van der Waals surface area (Å²) in [5, 5.41) is 2.96. The van der Waals surface area contributed by atoms with E-state index in [1.54, 1.807) is 25.4 Å². The highest BCUT2D eigenvalue weighted by atomic mass is 35.5. The van der Waals surface area contributed by atoms with E-state index in [0.717, 1.165) is 31.9 Å². The van der Waals surface area contributed by atoms with Crippen LogP contribution in [0.5, 0.6) is 0 Å². The van der Waals surface area contributed by atoms with E-state index in [4.69, 9.17) is 5.73 Å². The Morgan fingerprint density at radius 1 is 1.53 bits per heavy atom. The minimum atomic E-state index is -0.464. The number of amides is 1. The smallest absolute Gasteiger partial charge is 0.236 e. The van der Waals surface area contributed by atoms with Crippen LogP contribution in [0.2, 0.25) is 0 Å². The number of anilines is 1. The van der Waals surface area contributed by atoms with Crippen LogP contribution in [0.15, 0.2) is 18.5 Å². The molecule has 1 saturated heterocycles. The number of nitrogens with one attached hydrogen (secondary N) is 1. The second-order valence-corrected chi connectivity index (χ2v) is 4.63. The highest BCUT2D eigenvalue weighted by Crippen LogP contribution is 2.15. The summed E-state index contributed by atoms with van der Waals surface area (Å²) in [6.07, 6.45) is 5.45. The molecule has 1 aromatic heterocycles. The number of hydrogen-bond donors (Lipinski definition) is 2. The number of carbonyl (C=O) groups excluding carboxylic acids is 1. The number of hydrogen-bond acceptors (Lipinski definition) is 5. The van der Waals surface area contributed by atoms with E-state index in [0.29, 0.717) is 0 Å². The number of rotatable bonds is 3. The van der Waals surface area contributed by atoms with Gasteiger partial charge in [0, 0.05) is 31.5 Å². The first-order valence-electron chi connectivity index (χ1n) is 6.24. The van der Waals surface area contributed by atoms with Gasteiger partial charge in [-0.25, -0.2) is 9.97 Å². The molecule has 19 heavy (non-hydrogen) atoms. The number of piperidine rings is 1. The fourth-order valence-corrected chi connectivity index (χ4v) is 2.06. The Hall–Kier alpha value is -1.40. The average Bonchev–Trinajstić information content (AvgIpc) is 2.40. The fourth-order valence-electron chi connectivity index (χ4n) is 2.06. The molecule has 0 bridgehead atoms. The Balaban J connectivity index is 0.00000180. The largest absolute Gasteiger partial charge is 0.350 e. The molecule has 2 unspecified atom stereocenters. The maximum absolute atomic E-state index is 11.6. The minimum absolute atomic E-state index is 0. The summed E-state index contributed by atoms with van der Waals surface area (Å²) in [6, 6.07) is 1.46. The summed E-state index contributed by atoms with van der Waals surface area (Å²) in [7, 11) is 0. The zero-order valence-corrected chi connectivity index (χ0v) is 11.8. The summed E-state index contributed by atoms with van der Waals surface area (Å²) >= 11 is 0. The Morgan fingerprint density at radius 3 is 2.84 bits per heavy atom. The predicted octanol–water partition coefficient (Wildman–Crippen LogP) is 0.331. The van der Waals surface area contributed by atoms with Crippen molar-refractivity contribution in [1.82, 2.24) is 15.3 Å². The van der Waals surface area contributed by atoms with E-state index < -0.39 is 6.04 Å². The van der Waals surface area contributed by atoms with Gasteiger partial charge in [-0.1, -0.05) is 0 Å². The second kappa shape index (κ2) is 7.25. The van der Waals surface area contributed by atoms with Crippen LogP contribution in [0.4, 0.5) is 5.95 Å². The van der Waals surface area contributed by atoms with Gasteiger partial charge >= 0.3 is 0 Å². The van der Waals surface area contributed by atoms with Crippen LogP contribution in [0.25, 0.3) is 0 Å². The van der Waals surface area contributed by atoms with Gasteiger partial charge in [0.25, 0.3) is 0 Å². The maximum atomic E-state index is 11.6. The molecule has 7 heteroatoms. The summed E-state index contributed by atoms with van der Waals surface area (Å²) < 4.78 is 0. The van der Waals surface area contributed by atoms with Gasteiger partial charge in [-0.15, -0.1) is 12.4 Å². The van der Waals surface area contributed by atoms with Crippen molar-refractivity contribution in [1.29, 1.82) is 0 Å². The van der Waals surface area contributed by atoms with Crippen LogP contribution in [0.3, 0.4) is 0 Å². The molecule has 2 heterocycles. The molecular weight excluding hydrogens is 266 g/mol. The molecule has 3 N–H and O–H groups in total. The molecule has 0 spiro atoms. The predicted molar refractivity (Wildman–Crippen MR) is 76.3 cm³/mol. The number of nitrogens with two attached hydrogens (primary N) is 1. The van der Waals surface area contributed by atoms with Crippen LogP contribution < -0.4 is 16.0 Å². The highest BCUT2D eigenvalue weighted by molar-refractivity contribution is 5.85. The van der Waals surface area contributed by atoms with Crippen molar-refractivity contribution in [3.8, 4) is 0 Å². The van der Waals surface area contributed by atoms with Crippen LogP contribution >= 0.6 is 12.4 Å².